The van der Waals surface area contributed by atoms with Gasteiger partial charge in [-0.15, -0.1) is 0 Å². The standard InChI is InChI=1S/C14H21N3O5S/c1-10-7-13(22-16-10)15-14(18)17(8-12-3-2-5-21-12)11-4-6-23(19,20)9-11/h7,11-12H,2-6,8-9H2,1H3,(H,15,18)/t11-,12-/m1/s1. The van der Waals surface area contributed by atoms with Gasteiger partial charge in [-0.2, -0.15) is 0 Å². The van der Waals surface area contributed by atoms with Gasteiger partial charge in [-0.25, -0.2) is 13.2 Å². The molecule has 1 N–H and O–H groups in total. The maximum atomic E-state index is 12.6. The maximum Gasteiger partial charge on any atom is 0.324 e. The molecule has 2 aliphatic rings. The topological polar surface area (TPSA) is 102 Å². The van der Waals surface area contributed by atoms with Crippen LogP contribution in [0.1, 0.15) is 25.0 Å². The maximum absolute atomic E-state index is 12.6. The summed E-state index contributed by atoms with van der Waals surface area (Å²) < 4.78 is 34.1. The van der Waals surface area contributed by atoms with Gasteiger partial charge in [0.1, 0.15) is 0 Å². The number of carbonyl (C=O) groups is 1. The summed E-state index contributed by atoms with van der Waals surface area (Å²) in [6.07, 6.45) is 2.26. The molecule has 0 spiro atoms. The number of rotatable bonds is 4. The van der Waals surface area contributed by atoms with Gasteiger partial charge in [-0.1, -0.05) is 5.16 Å². The van der Waals surface area contributed by atoms with Crippen LogP contribution in [0.15, 0.2) is 10.6 Å². The second kappa shape index (κ2) is 6.48. The number of hydrogen-bond acceptors (Lipinski definition) is 6. The predicted molar refractivity (Wildman–Crippen MR) is 83.0 cm³/mol. The fourth-order valence-electron chi connectivity index (χ4n) is 3.03. The Morgan fingerprint density at radius 3 is 2.87 bits per heavy atom. The molecule has 3 heterocycles. The number of nitrogens with one attached hydrogen (secondary N) is 1. The lowest BCUT2D eigenvalue weighted by Crippen LogP contribution is -2.47. The summed E-state index contributed by atoms with van der Waals surface area (Å²) in [5, 5.41) is 6.37. The largest absolute Gasteiger partial charge is 0.376 e. The summed E-state index contributed by atoms with van der Waals surface area (Å²) in [7, 11) is -3.07. The summed E-state index contributed by atoms with van der Waals surface area (Å²) in [4.78, 5) is 14.2. The quantitative estimate of drug-likeness (QED) is 0.881. The molecule has 0 radical (unpaired) electrons. The van der Waals surface area contributed by atoms with Crippen LogP contribution < -0.4 is 5.32 Å². The van der Waals surface area contributed by atoms with Crippen LogP contribution in [0.2, 0.25) is 0 Å². The zero-order chi connectivity index (χ0) is 16.4. The molecule has 0 aliphatic carbocycles. The van der Waals surface area contributed by atoms with Crippen LogP contribution in [0.4, 0.5) is 10.7 Å². The Bertz CT molecular complexity index is 666. The average Bonchev–Trinajstić information content (AvgIpc) is 3.18. The molecule has 2 fully saturated rings. The van der Waals surface area contributed by atoms with Crippen LogP contribution in [-0.2, 0) is 14.6 Å². The van der Waals surface area contributed by atoms with E-state index in [0.29, 0.717) is 25.3 Å². The highest BCUT2D eigenvalue weighted by atomic mass is 32.2. The highest BCUT2D eigenvalue weighted by molar-refractivity contribution is 7.91. The summed E-state index contributed by atoms with van der Waals surface area (Å²) in [6.45, 7) is 2.83. The van der Waals surface area contributed by atoms with E-state index >= 15 is 0 Å². The lowest BCUT2D eigenvalue weighted by Gasteiger charge is -2.30. The third-order valence-electron chi connectivity index (χ3n) is 4.19. The van der Waals surface area contributed by atoms with Gasteiger partial charge >= 0.3 is 6.03 Å². The van der Waals surface area contributed by atoms with Crippen LogP contribution in [0.25, 0.3) is 0 Å². The van der Waals surface area contributed by atoms with Gasteiger partial charge in [-0.05, 0) is 26.2 Å². The van der Waals surface area contributed by atoms with Gasteiger partial charge in [0.15, 0.2) is 9.84 Å². The average molecular weight is 343 g/mol. The van der Waals surface area contributed by atoms with Crippen molar-refractivity contribution in [3.8, 4) is 0 Å². The molecule has 0 bridgehead atoms. The zero-order valence-corrected chi connectivity index (χ0v) is 13.8. The monoisotopic (exact) mass is 343 g/mol. The van der Waals surface area contributed by atoms with Gasteiger partial charge in [0.05, 0.1) is 23.3 Å². The third kappa shape index (κ3) is 4.03. The zero-order valence-electron chi connectivity index (χ0n) is 13.0. The lowest BCUT2D eigenvalue weighted by molar-refractivity contribution is 0.0749. The van der Waals surface area contributed by atoms with E-state index < -0.39 is 9.84 Å². The van der Waals surface area contributed by atoms with Crippen molar-refractivity contribution in [2.24, 2.45) is 0 Å². The molecule has 2 amide bonds. The van der Waals surface area contributed by atoms with Crippen molar-refractivity contribution in [1.29, 1.82) is 0 Å². The van der Waals surface area contributed by atoms with Crippen molar-refractivity contribution in [3.05, 3.63) is 11.8 Å². The first-order valence-corrected chi connectivity index (χ1v) is 9.58. The van der Waals surface area contributed by atoms with Crippen molar-refractivity contribution in [2.75, 3.05) is 30.0 Å². The minimum atomic E-state index is -3.07. The first kappa shape index (κ1) is 16.3. The number of carbonyl (C=O) groups excluding carboxylic acids is 1. The molecular weight excluding hydrogens is 322 g/mol. The molecule has 2 atom stereocenters. The number of amides is 2. The van der Waals surface area contributed by atoms with Crippen LogP contribution in [0.3, 0.4) is 0 Å². The molecule has 2 saturated heterocycles. The second-order valence-electron chi connectivity index (χ2n) is 6.11. The molecule has 9 heteroatoms. The van der Waals surface area contributed by atoms with Crippen molar-refractivity contribution < 1.29 is 22.5 Å². The molecular formula is C14H21N3O5S. The molecule has 8 nitrogen and oxygen atoms in total. The number of sulfone groups is 1. The molecule has 0 unspecified atom stereocenters. The van der Waals surface area contributed by atoms with Crippen molar-refractivity contribution in [3.63, 3.8) is 0 Å². The minimum Gasteiger partial charge on any atom is -0.376 e. The number of aryl methyl sites for hydroxylation is 1. The van der Waals surface area contributed by atoms with Crippen molar-refractivity contribution >= 4 is 21.8 Å². The van der Waals surface area contributed by atoms with E-state index in [9.17, 15) is 13.2 Å². The van der Waals surface area contributed by atoms with Gasteiger partial charge in [0, 0.05) is 25.3 Å². The second-order valence-corrected chi connectivity index (χ2v) is 8.34. The number of nitrogens with zero attached hydrogens (tertiary/aromatic N) is 2. The summed E-state index contributed by atoms with van der Waals surface area (Å²) in [6, 6.07) is 0.917. The van der Waals surface area contributed by atoms with E-state index in [1.54, 1.807) is 17.9 Å². The fraction of sp³-hybridized carbons (Fsp3) is 0.714. The van der Waals surface area contributed by atoms with Crippen molar-refractivity contribution in [2.45, 2.75) is 38.3 Å². The SMILES string of the molecule is Cc1cc(NC(=O)N(C[C@H]2CCCO2)[C@@H]2CCS(=O)(=O)C2)on1. The molecule has 23 heavy (non-hydrogen) atoms. The summed E-state index contributed by atoms with van der Waals surface area (Å²) in [5.74, 6) is 0.377. The third-order valence-corrected chi connectivity index (χ3v) is 5.94. The Morgan fingerprint density at radius 2 is 2.30 bits per heavy atom. The Morgan fingerprint density at radius 1 is 1.48 bits per heavy atom. The molecule has 0 saturated carbocycles. The van der Waals surface area contributed by atoms with Gasteiger partial charge in [0.2, 0.25) is 5.88 Å². The van der Waals surface area contributed by atoms with Crippen molar-refractivity contribution in [1.82, 2.24) is 10.1 Å². The molecule has 2 aliphatic heterocycles. The van der Waals surface area contributed by atoms with Gasteiger partial charge in [-0.3, -0.25) is 5.32 Å². The molecule has 0 aromatic carbocycles. The Hall–Kier alpha value is -1.61. The van der Waals surface area contributed by atoms with Crippen LogP contribution in [0, 0.1) is 6.92 Å². The van der Waals surface area contributed by atoms with Crippen LogP contribution in [-0.4, -0.2) is 61.3 Å². The van der Waals surface area contributed by atoms with E-state index in [1.807, 2.05) is 0 Å². The Kier molecular flexibility index (Phi) is 4.58. The fourth-order valence-corrected chi connectivity index (χ4v) is 4.76. The molecule has 1 aromatic rings. The lowest BCUT2D eigenvalue weighted by atomic mass is 10.2. The van der Waals surface area contributed by atoms with E-state index in [2.05, 4.69) is 10.5 Å². The molecule has 128 valence electrons. The van der Waals surface area contributed by atoms with E-state index in [1.165, 1.54) is 0 Å². The minimum absolute atomic E-state index is 0.00255. The van der Waals surface area contributed by atoms with E-state index in [4.69, 9.17) is 9.26 Å². The smallest absolute Gasteiger partial charge is 0.324 e. The predicted octanol–water partition coefficient (Wildman–Crippen LogP) is 1.18. The molecule has 1 aromatic heterocycles. The first-order chi connectivity index (χ1) is 10.9. The number of hydrogen-bond donors (Lipinski definition) is 1. The van der Waals surface area contributed by atoms with Gasteiger partial charge in [0.25, 0.3) is 0 Å². The summed E-state index contributed by atoms with van der Waals surface area (Å²) in [5.41, 5.74) is 0.662. The number of anilines is 1. The van der Waals surface area contributed by atoms with E-state index in [-0.39, 0.29) is 35.6 Å². The number of aromatic nitrogens is 1. The summed E-state index contributed by atoms with van der Waals surface area (Å²) >= 11 is 0. The van der Waals surface area contributed by atoms with Gasteiger partial charge < -0.3 is 14.2 Å². The highest BCUT2D eigenvalue weighted by Gasteiger charge is 2.36. The highest BCUT2D eigenvalue weighted by Crippen LogP contribution is 2.22. The number of ether oxygens (including phenoxy) is 1. The Balaban J connectivity index is 1.72. The van der Waals surface area contributed by atoms with Crippen LogP contribution >= 0.6 is 0 Å². The van der Waals surface area contributed by atoms with Crippen LogP contribution in [0.5, 0.6) is 0 Å². The Labute approximate surface area is 135 Å². The normalized spacial score (nSPS) is 26.3. The van der Waals surface area contributed by atoms with E-state index in [0.717, 1.165) is 12.8 Å². The molecule has 3 rings (SSSR count). The first-order valence-electron chi connectivity index (χ1n) is 7.76. The number of urea groups is 1.